The summed E-state index contributed by atoms with van der Waals surface area (Å²) in [4.78, 5) is 9.55. The van der Waals surface area contributed by atoms with Crippen molar-refractivity contribution in [1.29, 1.82) is 0 Å². The molecular formula is C3H4O3S. The maximum atomic E-state index is 9.55. The smallest absolute Gasteiger partial charge is 0.328 e. The van der Waals surface area contributed by atoms with E-state index in [1.165, 1.54) is 0 Å². The molecule has 0 unspecified atom stereocenters. The van der Waals surface area contributed by atoms with Crippen LogP contribution in [0.25, 0.3) is 0 Å². The van der Waals surface area contributed by atoms with Gasteiger partial charge in [-0.05, 0) is 0 Å². The Bertz CT molecular complexity index is 88.2. The van der Waals surface area contributed by atoms with E-state index in [0.717, 1.165) is 11.5 Å². The van der Waals surface area contributed by atoms with Crippen LogP contribution in [0.15, 0.2) is 11.5 Å². The Hall–Kier alpha value is -0.480. The van der Waals surface area contributed by atoms with Gasteiger partial charge in [-0.15, -0.1) is 0 Å². The summed E-state index contributed by atoms with van der Waals surface area (Å²) in [5, 5.41) is 8.91. The summed E-state index contributed by atoms with van der Waals surface area (Å²) < 4.78 is 7.88. The predicted octanol–water partition coefficient (Wildman–Crippen LogP) is 0.791. The van der Waals surface area contributed by atoms with Crippen molar-refractivity contribution in [3.63, 3.8) is 0 Å². The average Bonchev–Trinajstić information content (AvgIpc) is 1.61. The first-order valence-electron chi connectivity index (χ1n) is 1.47. The number of rotatable bonds is 2. The summed E-state index contributed by atoms with van der Waals surface area (Å²) >= 11 is 0.369. The second kappa shape index (κ2) is 3.70. The largest absolute Gasteiger partial charge is 0.478 e. The van der Waals surface area contributed by atoms with Gasteiger partial charge >= 0.3 is 5.97 Å². The molecule has 0 rings (SSSR count). The van der Waals surface area contributed by atoms with Crippen LogP contribution in [0, 0.1) is 0 Å². The van der Waals surface area contributed by atoms with Crippen LogP contribution in [0.5, 0.6) is 0 Å². The van der Waals surface area contributed by atoms with Crippen LogP contribution in [0.2, 0.25) is 0 Å². The van der Waals surface area contributed by atoms with E-state index in [0.29, 0.717) is 12.0 Å². The zero-order valence-corrected chi connectivity index (χ0v) is 4.18. The highest BCUT2D eigenvalue weighted by Crippen LogP contribution is 1.90. The van der Waals surface area contributed by atoms with Gasteiger partial charge in [0.1, 0.15) is 0 Å². The van der Waals surface area contributed by atoms with Crippen LogP contribution >= 0.6 is 12.0 Å². The molecule has 4 heteroatoms. The minimum Gasteiger partial charge on any atom is -0.478 e. The first-order chi connectivity index (χ1) is 3.27. The molecule has 0 aliphatic heterocycles. The quantitative estimate of drug-likeness (QED) is 0.418. The van der Waals surface area contributed by atoms with Crippen molar-refractivity contribution in [2.24, 2.45) is 0 Å². The lowest BCUT2D eigenvalue weighted by Crippen LogP contribution is -1.83. The normalized spacial score (nSPS) is 9.86. The van der Waals surface area contributed by atoms with Gasteiger partial charge in [-0.25, -0.2) is 4.79 Å². The van der Waals surface area contributed by atoms with E-state index in [9.17, 15) is 4.79 Å². The van der Waals surface area contributed by atoms with Crippen molar-refractivity contribution in [3.05, 3.63) is 11.5 Å². The van der Waals surface area contributed by atoms with Gasteiger partial charge in [0, 0.05) is 23.5 Å². The second-order valence-electron chi connectivity index (χ2n) is 0.746. The summed E-state index contributed by atoms with van der Waals surface area (Å²) in [5.41, 5.74) is 0. The highest BCUT2D eigenvalue weighted by atomic mass is 32.2. The molecule has 0 aromatic rings. The Morgan fingerprint density at radius 3 is 2.43 bits per heavy atom. The maximum Gasteiger partial charge on any atom is 0.328 e. The number of carboxylic acid groups (broad SMARTS) is 1. The Labute approximate surface area is 44.9 Å². The first kappa shape index (κ1) is 6.52. The Morgan fingerprint density at radius 1 is 1.71 bits per heavy atom. The lowest BCUT2D eigenvalue weighted by atomic mass is 10.7. The monoisotopic (exact) mass is 120 g/mol. The average molecular weight is 120 g/mol. The number of carbonyl (C=O) groups is 1. The van der Waals surface area contributed by atoms with Crippen LogP contribution in [-0.4, -0.2) is 15.6 Å². The highest BCUT2D eigenvalue weighted by molar-refractivity contribution is 7.96. The van der Waals surface area contributed by atoms with E-state index in [1.54, 1.807) is 0 Å². The molecule has 0 amide bonds. The van der Waals surface area contributed by atoms with E-state index in [4.69, 9.17) is 9.66 Å². The van der Waals surface area contributed by atoms with Crippen LogP contribution in [0.4, 0.5) is 0 Å². The Balaban J connectivity index is 3.26. The van der Waals surface area contributed by atoms with Crippen molar-refractivity contribution in [2.75, 3.05) is 0 Å². The zero-order valence-electron chi connectivity index (χ0n) is 3.37. The molecule has 40 valence electrons. The molecule has 0 spiro atoms. The summed E-state index contributed by atoms with van der Waals surface area (Å²) in [6, 6.07) is 0. The zero-order chi connectivity index (χ0) is 5.70. The molecule has 0 fully saturated rings. The summed E-state index contributed by atoms with van der Waals surface area (Å²) in [5.74, 6) is -1.05. The number of hydrogen-bond acceptors (Lipinski definition) is 3. The fraction of sp³-hybridized carbons (Fsp3) is 0. The standard InChI is InChI=1S/C3H4O3S/c4-3(5)1-2-7-6/h1-2,6H,(H,4,5)/b2-1+. The molecule has 0 bridgehead atoms. The lowest BCUT2D eigenvalue weighted by molar-refractivity contribution is -0.131. The molecule has 0 atom stereocenters. The molecule has 0 aliphatic rings. The topological polar surface area (TPSA) is 57.5 Å². The number of hydrogen-bond donors (Lipinski definition) is 2. The molecule has 0 saturated carbocycles. The van der Waals surface area contributed by atoms with Gasteiger partial charge in [0.25, 0.3) is 0 Å². The van der Waals surface area contributed by atoms with Crippen LogP contribution in [0.3, 0.4) is 0 Å². The van der Waals surface area contributed by atoms with E-state index in [2.05, 4.69) is 0 Å². The van der Waals surface area contributed by atoms with Gasteiger partial charge in [0.05, 0.1) is 0 Å². The molecule has 0 aromatic heterocycles. The molecule has 2 N–H and O–H groups in total. The van der Waals surface area contributed by atoms with Gasteiger partial charge in [-0.3, -0.25) is 0 Å². The third-order valence-electron chi connectivity index (χ3n) is 0.271. The fourth-order valence-electron chi connectivity index (χ4n) is 0.0886. The molecular weight excluding hydrogens is 116 g/mol. The van der Waals surface area contributed by atoms with E-state index < -0.39 is 5.97 Å². The summed E-state index contributed by atoms with van der Waals surface area (Å²) in [7, 11) is 0. The second-order valence-corrected chi connectivity index (χ2v) is 1.23. The van der Waals surface area contributed by atoms with Crippen LogP contribution in [-0.2, 0) is 4.79 Å². The van der Waals surface area contributed by atoms with Gasteiger partial charge < -0.3 is 9.66 Å². The molecule has 3 nitrogen and oxygen atoms in total. The van der Waals surface area contributed by atoms with Gasteiger partial charge in [0.2, 0.25) is 0 Å². The summed E-state index contributed by atoms with van der Waals surface area (Å²) in [6.45, 7) is 0. The minimum absolute atomic E-state index is 0.369. The molecule has 0 heterocycles. The van der Waals surface area contributed by atoms with Crippen molar-refractivity contribution in [3.8, 4) is 0 Å². The lowest BCUT2D eigenvalue weighted by Gasteiger charge is -1.72. The Morgan fingerprint density at radius 2 is 2.29 bits per heavy atom. The SMILES string of the molecule is O=C(O)/C=C/SO. The van der Waals surface area contributed by atoms with E-state index >= 15 is 0 Å². The Kier molecular flexibility index (Phi) is 3.45. The van der Waals surface area contributed by atoms with Crippen LogP contribution < -0.4 is 0 Å². The number of carboxylic acids is 1. The van der Waals surface area contributed by atoms with Gasteiger partial charge in [-0.2, -0.15) is 0 Å². The highest BCUT2D eigenvalue weighted by Gasteiger charge is 1.80. The van der Waals surface area contributed by atoms with Crippen LogP contribution in [0.1, 0.15) is 0 Å². The van der Waals surface area contributed by atoms with Gasteiger partial charge in [0.15, 0.2) is 0 Å². The molecule has 7 heavy (non-hydrogen) atoms. The third kappa shape index (κ3) is 5.52. The molecule has 0 aromatic carbocycles. The van der Waals surface area contributed by atoms with Crippen molar-refractivity contribution in [2.45, 2.75) is 0 Å². The van der Waals surface area contributed by atoms with Crippen molar-refractivity contribution >= 4 is 18.0 Å². The van der Waals surface area contributed by atoms with Crippen molar-refractivity contribution < 1.29 is 14.5 Å². The predicted molar refractivity (Wildman–Crippen MR) is 27.0 cm³/mol. The molecule has 0 radical (unpaired) electrons. The maximum absolute atomic E-state index is 9.55. The van der Waals surface area contributed by atoms with Gasteiger partial charge in [-0.1, -0.05) is 0 Å². The summed E-state index contributed by atoms with van der Waals surface area (Å²) in [6.07, 6.45) is 0.852. The molecule has 0 aliphatic carbocycles. The number of aliphatic carboxylic acids is 1. The van der Waals surface area contributed by atoms with E-state index in [-0.39, 0.29) is 0 Å². The fourth-order valence-corrected chi connectivity index (χ4v) is 0.266. The van der Waals surface area contributed by atoms with E-state index in [1.807, 2.05) is 0 Å². The third-order valence-corrected chi connectivity index (χ3v) is 0.529. The minimum atomic E-state index is -1.05. The molecule has 0 saturated heterocycles. The first-order valence-corrected chi connectivity index (χ1v) is 2.30. The van der Waals surface area contributed by atoms with Crippen molar-refractivity contribution in [1.82, 2.24) is 0 Å².